The van der Waals surface area contributed by atoms with E-state index in [0.29, 0.717) is 16.9 Å². The van der Waals surface area contributed by atoms with Crippen LogP contribution in [0.25, 0.3) is 5.69 Å². The number of hydrogen-bond donors (Lipinski definition) is 2. The molecule has 0 spiro atoms. The Labute approximate surface area is 186 Å². The average molecular weight is 425 g/mol. The van der Waals surface area contributed by atoms with Gasteiger partial charge in [-0.2, -0.15) is 0 Å². The van der Waals surface area contributed by atoms with Crippen LogP contribution >= 0.6 is 0 Å². The number of benzene rings is 3. The highest BCUT2D eigenvalue weighted by Gasteiger charge is 2.08. The monoisotopic (exact) mass is 425 g/mol. The Morgan fingerprint density at radius 2 is 1.38 bits per heavy atom. The summed E-state index contributed by atoms with van der Waals surface area (Å²) in [6, 6.07) is 25.7. The first-order valence-corrected chi connectivity index (χ1v) is 10.2. The number of carbonyl (C=O) groups is 2. The third-order valence-corrected chi connectivity index (χ3v) is 4.98. The van der Waals surface area contributed by atoms with E-state index in [1.54, 1.807) is 55.6 Å². The number of amides is 2. The second-order valence-corrected chi connectivity index (χ2v) is 7.24. The molecular weight excluding hydrogens is 402 g/mol. The highest BCUT2D eigenvalue weighted by Crippen LogP contribution is 2.17. The molecule has 2 N–H and O–H groups in total. The average Bonchev–Trinajstić information content (AvgIpc) is 3.35. The molecule has 160 valence electrons. The number of rotatable bonds is 7. The minimum absolute atomic E-state index is 0.117. The van der Waals surface area contributed by atoms with Crippen LogP contribution < -0.4 is 15.4 Å². The lowest BCUT2D eigenvalue weighted by Crippen LogP contribution is -2.15. The van der Waals surface area contributed by atoms with Crippen LogP contribution in [0, 0.1) is 0 Å². The van der Waals surface area contributed by atoms with E-state index >= 15 is 0 Å². The molecule has 2 amide bonds. The van der Waals surface area contributed by atoms with Gasteiger partial charge in [-0.05, 0) is 78.4 Å². The summed E-state index contributed by atoms with van der Waals surface area (Å²) < 4.78 is 7.12. The fourth-order valence-corrected chi connectivity index (χ4v) is 3.27. The lowest BCUT2D eigenvalue weighted by molar-refractivity contribution is -0.115. The van der Waals surface area contributed by atoms with Crippen molar-refractivity contribution in [1.82, 2.24) is 4.57 Å². The standard InChI is InChI=1S/C26H23N3O3/c1-32-24-14-10-22(11-15-24)28-26(31)20-6-8-21(9-7-20)27-25(30)18-19-4-12-23(13-5-19)29-16-2-3-17-29/h2-17H,18H2,1H3,(H,27,30)(H,28,31). The van der Waals surface area contributed by atoms with Crippen molar-refractivity contribution in [3.05, 3.63) is 108 Å². The van der Waals surface area contributed by atoms with Gasteiger partial charge in [0, 0.05) is 35.0 Å². The molecule has 6 heteroatoms. The van der Waals surface area contributed by atoms with E-state index in [-0.39, 0.29) is 18.2 Å². The summed E-state index contributed by atoms with van der Waals surface area (Å²) in [7, 11) is 1.59. The first-order valence-electron chi connectivity index (χ1n) is 10.2. The van der Waals surface area contributed by atoms with Crippen LogP contribution in [-0.2, 0) is 11.2 Å². The van der Waals surface area contributed by atoms with Crippen LogP contribution in [0.2, 0.25) is 0 Å². The lowest BCUT2D eigenvalue weighted by Gasteiger charge is -2.09. The second-order valence-electron chi connectivity index (χ2n) is 7.24. The Bertz CT molecular complexity index is 1180. The maximum Gasteiger partial charge on any atom is 0.255 e. The van der Waals surface area contributed by atoms with Crippen molar-refractivity contribution in [2.75, 3.05) is 17.7 Å². The van der Waals surface area contributed by atoms with Crippen molar-refractivity contribution in [2.24, 2.45) is 0 Å². The number of hydrogen-bond acceptors (Lipinski definition) is 3. The maximum absolute atomic E-state index is 12.4. The third-order valence-electron chi connectivity index (χ3n) is 4.98. The molecule has 0 atom stereocenters. The molecule has 0 saturated carbocycles. The number of carbonyl (C=O) groups excluding carboxylic acids is 2. The molecule has 0 aliphatic carbocycles. The zero-order valence-electron chi connectivity index (χ0n) is 17.6. The Kier molecular flexibility index (Phi) is 6.32. The maximum atomic E-state index is 12.4. The van der Waals surface area contributed by atoms with Gasteiger partial charge in [-0.25, -0.2) is 0 Å². The summed E-state index contributed by atoms with van der Waals surface area (Å²) in [6.45, 7) is 0. The predicted molar refractivity (Wildman–Crippen MR) is 125 cm³/mol. The summed E-state index contributed by atoms with van der Waals surface area (Å²) >= 11 is 0. The van der Waals surface area contributed by atoms with Gasteiger partial charge in [-0.3, -0.25) is 9.59 Å². The zero-order chi connectivity index (χ0) is 22.3. The van der Waals surface area contributed by atoms with Gasteiger partial charge in [-0.1, -0.05) is 12.1 Å². The topological polar surface area (TPSA) is 72.4 Å². The van der Waals surface area contributed by atoms with Crippen LogP contribution in [0.3, 0.4) is 0 Å². The third kappa shape index (κ3) is 5.23. The van der Waals surface area contributed by atoms with Gasteiger partial charge < -0.3 is 19.9 Å². The van der Waals surface area contributed by atoms with Gasteiger partial charge in [-0.15, -0.1) is 0 Å². The normalized spacial score (nSPS) is 10.4. The number of methoxy groups -OCH3 is 1. The van der Waals surface area contributed by atoms with Gasteiger partial charge in [0.05, 0.1) is 13.5 Å². The Morgan fingerprint density at radius 3 is 2.00 bits per heavy atom. The molecular formula is C26H23N3O3. The number of nitrogens with one attached hydrogen (secondary N) is 2. The summed E-state index contributed by atoms with van der Waals surface area (Å²) in [6.07, 6.45) is 4.22. The molecule has 32 heavy (non-hydrogen) atoms. The van der Waals surface area contributed by atoms with E-state index in [1.807, 2.05) is 53.4 Å². The van der Waals surface area contributed by atoms with Crippen molar-refractivity contribution in [2.45, 2.75) is 6.42 Å². The van der Waals surface area contributed by atoms with Crippen LogP contribution in [0.1, 0.15) is 15.9 Å². The summed E-state index contributed by atoms with van der Waals surface area (Å²) in [5.41, 5.74) is 3.78. The minimum atomic E-state index is -0.226. The number of aromatic nitrogens is 1. The van der Waals surface area contributed by atoms with E-state index in [9.17, 15) is 9.59 Å². The minimum Gasteiger partial charge on any atom is -0.497 e. The van der Waals surface area contributed by atoms with Crippen molar-refractivity contribution < 1.29 is 14.3 Å². The molecule has 0 aliphatic rings. The smallest absolute Gasteiger partial charge is 0.255 e. The first-order chi connectivity index (χ1) is 15.6. The van der Waals surface area contributed by atoms with Gasteiger partial charge in [0.1, 0.15) is 5.75 Å². The molecule has 6 nitrogen and oxygen atoms in total. The lowest BCUT2D eigenvalue weighted by atomic mass is 10.1. The van der Waals surface area contributed by atoms with E-state index in [0.717, 1.165) is 17.0 Å². The highest BCUT2D eigenvalue weighted by molar-refractivity contribution is 6.04. The Morgan fingerprint density at radius 1 is 0.781 bits per heavy atom. The SMILES string of the molecule is COc1ccc(NC(=O)c2ccc(NC(=O)Cc3ccc(-n4cccc4)cc3)cc2)cc1. The Hall–Kier alpha value is -4.32. The van der Waals surface area contributed by atoms with Crippen molar-refractivity contribution in [1.29, 1.82) is 0 Å². The van der Waals surface area contributed by atoms with Gasteiger partial charge >= 0.3 is 0 Å². The summed E-state index contributed by atoms with van der Waals surface area (Å²) in [5.74, 6) is 0.380. The van der Waals surface area contributed by atoms with Crippen LogP contribution in [0.15, 0.2) is 97.3 Å². The van der Waals surface area contributed by atoms with E-state index in [4.69, 9.17) is 4.74 Å². The molecule has 4 rings (SSSR count). The molecule has 1 heterocycles. The van der Waals surface area contributed by atoms with E-state index < -0.39 is 0 Å². The van der Waals surface area contributed by atoms with E-state index in [2.05, 4.69) is 10.6 Å². The molecule has 0 unspecified atom stereocenters. The summed E-state index contributed by atoms with van der Waals surface area (Å²) in [4.78, 5) is 24.8. The molecule has 3 aromatic carbocycles. The fraction of sp³-hybridized carbons (Fsp3) is 0.0769. The molecule has 4 aromatic rings. The molecule has 0 radical (unpaired) electrons. The van der Waals surface area contributed by atoms with E-state index in [1.165, 1.54) is 0 Å². The zero-order valence-corrected chi connectivity index (χ0v) is 17.6. The fourth-order valence-electron chi connectivity index (χ4n) is 3.27. The van der Waals surface area contributed by atoms with Gasteiger partial charge in [0.15, 0.2) is 0 Å². The molecule has 0 bridgehead atoms. The van der Waals surface area contributed by atoms with Crippen LogP contribution in [0.4, 0.5) is 11.4 Å². The van der Waals surface area contributed by atoms with Gasteiger partial charge in [0.25, 0.3) is 5.91 Å². The van der Waals surface area contributed by atoms with Crippen LogP contribution in [0.5, 0.6) is 5.75 Å². The largest absolute Gasteiger partial charge is 0.497 e. The van der Waals surface area contributed by atoms with Crippen LogP contribution in [-0.4, -0.2) is 23.5 Å². The quantitative estimate of drug-likeness (QED) is 0.441. The highest BCUT2D eigenvalue weighted by atomic mass is 16.5. The van der Waals surface area contributed by atoms with Crippen molar-refractivity contribution in [3.8, 4) is 11.4 Å². The van der Waals surface area contributed by atoms with Crippen molar-refractivity contribution in [3.63, 3.8) is 0 Å². The van der Waals surface area contributed by atoms with Crippen molar-refractivity contribution >= 4 is 23.2 Å². The number of anilines is 2. The molecule has 0 aliphatic heterocycles. The first kappa shape index (κ1) is 20.9. The number of nitrogens with zero attached hydrogens (tertiary/aromatic N) is 1. The second kappa shape index (κ2) is 9.66. The number of ether oxygens (including phenoxy) is 1. The summed E-state index contributed by atoms with van der Waals surface area (Å²) in [5, 5.41) is 5.70. The Balaban J connectivity index is 1.31. The molecule has 0 fully saturated rings. The molecule has 0 saturated heterocycles. The molecule has 1 aromatic heterocycles. The predicted octanol–water partition coefficient (Wildman–Crippen LogP) is 4.92. The van der Waals surface area contributed by atoms with Gasteiger partial charge in [0.2, 0.25) is 5.91 Å².